The highest BCUT2D eigenvalue weighted by Crippen LogP contribution is 2.54. The summed E-state index contributed by atoms with van der Waals surface area (Å²) in [6, 6.07) is 13.6. The van der Waals surface area contributed by atoms with Crippen LogP contribution >= 0.6 is 7.60 Å². The van der Waals surface area contributed by atoms with Crippen molar-refractivity contribution in [3.63, 3.8) is 0 Å². The van der Waals surface area contributed by atoms with Gasteiger partial charge in [0.1, 0.15) is 0 Å². The molecule has 0 spiro atoms. The lowest BCUT2D eigenvalue weighted by Gasteiger charge is -2.46. The molecule has 0 saturated heterocycles. The predicted molar refractivity (Wildman–Crippen MR) is 179 cm³/mol. The van der Waals surface area contributed by atoms with Crippen LogP contribution in [0.5, 0.6) is 0 Å². The summed E-state index contributed by atoms with van der Waals surface area (Å²) in [7, 11) is -4.34. The van der Waals surface area contributed by atoms with Gasteiger partial charge in [-0.2, -0.15) is 0 Å². The van der Waals surface area contributed by atoms with E-state index in [1.807, 2.05) is 6.08 Å². The molecule has 0 fully saturated rings. The minimum Gasteiger partial charge on any atom is -0.324 e. The first-order chi connectivity index (χ1) is 18.4. The van der Waals surface area contributed by atoms with Crippen LogP contribution in [0.2, 0.25) is 0 Å². The molecule has 41 heavy (non-hydrogen) atoms. The third-order valence-electron chi connectivity index (χ3n) is 8.61. The summed E-state index contributed by atoms with van der Waals surface area (Å²) in [4.78, 5) is 21.0. The summed E-state index contributed by atoms with van der Waals surface area (Å²) in [5.74, 6) is -0.330. The van der Waals surface area contributed by atoms with E-state index in [-0.39, 0.29) is 33.7 Å². The van der Waals surface area contributed by atoms with Gasteiger partial charge in [-0.05, 0) is 67.4 Å². The lowest BCUT2D eigenvalue weighted by Crippen LogP contribution is -2.41. The van der Waals surface area contributed by atoms with Gasteiger partial charge in [0.2, 0.25) is 0 Å². The van der Waals surface area contributed by atoms with Crippen LogP contribution in [0.4, 0.5) is 0 Å². The lowest BCUT2D eigenvalue weighted by molar-refractivity contribution is 0.321. The van der Waals surface area contributed by atoms with Crippen LogP contribution in [-0.2, 0) is 31.6 Å². The van der Waals surface area contributed by atoms with Gasteiger partial charge in [0.15, 0.2) is 0 Å². The summed E-state index contributed by atoms with van der Waals surface area (Å²) in [5, 5.41) is 0. The van der Waals surface area contributed by atoms with E-state index in [1.165, 1.54) is 22.3 Å². The average molecular weight is 583 g/mol. The number of unbranched alkanes of at least 4 members (excludes halogenated alkanes) is 1. The first-order valence-corrected chi connectivity index (χ1v) is 17.2. The molecule has 1 unspecified atom stereocenters. The van der Waals surface area contributed by atoms with Gasteiger partial charge < -0.3 is 9.79 Å². The minimum absolute atomic E-state index is 0.0339. The average Bonchev–Trinajstić information content (AvgIpc) is 2.80. The van der Waals surface area contributed by atoms with Crippen molar-refractivity contribution in [3.8, 4) is 0 Å². The molecular weight excluding hydrogens is 523 g/mol. The van der Waals surface area contributed by atoms with Gasteiger partial charge in [-0.15, -0.1) is 6.58 Å². The van der Waals surface area contributed by atoms with E-state index in [9.17, 15) is 14.4 Å². The molecule has 2 rings (SSSR count). The van der Waals surface area contributed by atoms with Gasteiger partial charge in [0.05, 0.1) is 6.16 Å². The molecule has 0 aromatic heterocycles. The maximum Gasteiger partial charge on any atom is 0.325 e. The van der Waals surface area contributed by atoms with Crippen LogP contribution in [-0.4, -0.2) is 15.9 Å². The van der Waals surface area contributed by atoms with Crippen LogP contribution in [0.25, 0.3) is 0 Å². The van der Waals surface area contributed by atoms with E-state index in [0.29, 0.717) is 6.42 Å². The zero-order valence-corrected chi connectivity index (χ0v) is 29.3. The molecule has 0 saturated carbocycles. The second-order valence-corrected chi connectivity index (χ2v) is 18.0. The molecule has 1 atom stereocenters. The fourth-order valence-corrected chi connectivity index (χ4v) is 7.20. The highest BCUT2D eigenvalue weighted by molar-refractivity contribution is 7.51. The van der Waals surface area contributed by atoms with Crippen LogP contribution in [0.15, 0.2) is 49.1 Å². The Labute approximate surface area is 252 Å². The van der Waals surface area contributed by atoms with Gasteiger partial charge in [-0.1, -0.05) is 145 Å². The Morgan fingerprint density at radius 1 is 0.707 bits per heavy atom. The molecule has 0 bridgehead atoms. The third kappa shape index (κ3) is 8.25. The first-order valence-electron chi connectivity index (χ1n) is 15.4. The van der Waals surface area contributed by atoms with Crippen molar-refractivity contribution < 1.29 is 14.4 Å². The summed E-state index contributed by atoms with van der Waals surface area (Å²) >= 11 is 0. The molecule has 0 heterocycles. The first kappa shape index (κ1) is 35.5. The van der Waals surface area contributed by atoms with Gasteiger partial charge in [0.25, 0.3) is 0 Å². The molecule has 0 radical (unpaired) electrons. The van der Waals surface area contributed by atoms with Crippen LogP contribution < -0.4 is 0 Å². The van der Waals surface area contributed by atoms with Crippen LogP contribution in [0, 0.1) is 5.92 Å². The van der Waals surface area contributed by atoms with E-state index in [2.05, 4.69) is 133 Å². The summed E-state index contributed by atoms with van der Waals surface area (Å²) in [6.45, 7) is 33.5. The number of benzene rings is 2. The molecule has 230 valence electrons. The Kier molecular flexibility index (Phi) is 10.5. The molecule has 0 aliphatic heterocycles. The van der Waals surface area contributed by atoms with Gasteiger partial charge in [0, 0.05) is 5.41 Å². The quantitative estimate of drug-likeness (QED) is 0.228. The molecule has 2 N–H and O–H groups in total. The van der Waals surface area contributed by atoms with Gasteiger partial charge in [-0.3, -0.25) is 4.57 Å². The van der Waals surface area contributed by atoms with E-state index in [0.717, 1.165) is 24.0 Å². The topological polar surface area (TPSA) is 57.5 Å². The molecule has 2 aromatic rings. The zero-order valence-electron chi connectivity index (χ0n) is 28.4. The van der Waals surface area contributed by atoms with Crippen molar-refractivity contribution in [1.82, 2.24) is 0 Å². The Bertz CT molecular complexity index is 1180. The Morgan fingerprint density at radius 3 is 1.37 bits per heavy atom. The molecule has 2 aromatic carbocycles. The van der Waals surface area contributed by atoms with Crippen LogP contribution in [0.1, 0.15) is 143 Å². The molecular formula is C37H59O3P. The maximum absolute atomic E-state index is 12.8. The minimum atomic E-state index is -4.34. The van der Waals surface area contributed by atoms with E-state index < -0.39 is 13.0 Å². The molecule has 4 heteroatoms. The van der Waals surface area contributed by atoms with E-state index >= 15 is 0 Å². The number of allylic oxidation sites excluding steroid dienone is 1. The molecule has 0 aliphatic carbocycles. The van der Waals surface area contributed by atoms with E-state index in [4.69, 9.17) is 0 Å². The Hall–Kier alpha value is -1.67. The zero-order chi connectivity index (χ0) is 31.8. The number of hydrogen-bond donors (Lipinski definition) is 2. The van der Waals surface area contributed by atoms with Gasteiger partial charge >= 0.3 is 7.60 Å². The normalized spacial score (nSPS) is 14.7. The van der Waals surface area contributed by atoms with Crippen molar-refractivity contribution in [2.24, 2.45) is 5.92 Å². The second-order valence-electron chi connectivity index (χ2n) is 16.3. The van der Waals surface area contributed by atoms with Gasteiger partial charge in [-0.25, -0.2) is 0 Å². The third-order valence-corrected chi connectivity index (χ3v) is 9.53. The monoisotopic (exact) mass is 582 g/mol. The second kappa shape index (κ2) is 12.1. The van der Waals surface area contributed by atoms with Crippen molar-refractivity contribution >= 4 is 7.60 Å². The Morgan fingerprint density at radius 2 is 1.10 bits per heavy atom. The van der Waals surface area contributed by atoms with Crippen molar-refractivity contribution in [2.75, 3.05) is 6.16 Å². The standard InChI is InChI=1S/C37H59O3P/c1-15-17-18-28(25-41(38,39)40)37(16-2,29-21-19-26(33(3,4)5)23-31(29)35(9,10)11)30-22-20-27(34(6,7)8)24-32(30)36(12,13)14/h16,19-24,28H,2,15,17-18,25H2,1,3-14H3,(H2,38,39,40). The SMILES string of the molecule is C=CC(c1ccc(C(C)(C)C)cc1C(C)(C)C)(c1ccc(C(C)(C)C)cc1C(C)(C)C)C(CCCC)CP(=O)(O)O. The summed E-state index contributed by atoms with van der Waals surface area (Å²) in [5.41, 5.74) is 5.87. The van der Waals surface area contributed by atoms with E-state index in [1.54, 1.807) is 0 Å². The number of rotatable bonds is 9. The molecule has 3 nitrogen and oxygen atoms in total. The molecule has 0 amide bonds. The summed E-state index contributed by atoms with van der Waals surface area (Å²) < 4.78 is 12.8. The fraction of sp³-hybridized carbons (Fsp3) is 0.622. The van der Waals surface area contributed by atoms with Crippen molar-refractivity contribution in [2.45, 2.75) is 136 Å². The number of hydrogen-bond acceptors (Lipinski definition) is 1. The van der Waals surface area contributed by atoms with Crippen LogP contribution in [0.3, 0.4) is 0 Å². The predicted octanol–water partition coefficient (Wildman–Crippen LogP) is 10.3. The highest BCUT2D eigenvalue weighted by atomic mass is 31.2. The molecule has 0 aliphatic rings. The smallest absolute Gasteiger partial charge is 0.324 e. The lowest BCUT2D eigenvalue weighted by atomic mass is 9.58. The fourth-order valence-electron chi connectivity index (χ4n) is 6.16. The maximum atomic E-state index is 12.8. The Balaban J connectivity index is 3.26. The van der Waals surface area contributed by atoms with Crippen molar-refractivity contribution in [1.29, 1.82) is 0 Å². The van der Waals surface area contributed by atoms with Crippen molar-refractivity contribution in [3.05, 3.63) is 82.4 Å². The largest absolute Gasteiger partial charge is 0.325 e. The highest BCUT2D eigenvalue weighted by Gasteiger charge is 2.46. The summed E-state index contributed by atoms with van der Waals surface area (Å²) in [6.07, 6.45) is 4.37.